The van der Waals surface area contributed by atoms with Crippen molar-refractivity contribution in [2.75, 3.05) is 11.8 Å². The average Bonchev–Trinajstić information content (AvgIpc) is 2.26. The molecule has 1 aromatic carbocycles. The Hall–Kier alpha value is -0.200. The molecule has 18 heavy (non-hydrogen) atoms. The molecule has 0 saturated carbocycles. The van der Waals surface area contributed by atoms with Gasteiger partial charge in [0.15, 0.2) is 0 Å². The van der Waals surface area contributed by atoms with Crippen LogP contribution in [-0.4, -0.2) is 11.8 Å². The van der Waals surface area contributed by atoms with Crippen molar-refractivity contribution >= 4 is 23.2 Å². The van der Waals surface area contributed by atoms with Crippen molar-refractivity contribution in [1.82, 2.24) is 0 Å². The summed E-state index contributed by atoms with van der Waals surface area (Å²) in [5.41, 5.74) is 4.01. The van der Waals surface area contributed by atoms with Gasteiger partial charge in [-0.05, 0) is 38.2 Å². The highest BCUT2D eigenvalue weighted by Crippen LogP contribution is 2.34. The van der Waals surface area contributed by atoms with Crippen LogP contribution in [0.15, 0.2) is 18.2 Å². The number of aryl methyl sites for hydroxylation is 2. The number of hydrogen-bond donors (Lipinski definition) is 0. The molecule has 0 bridgehead atoms. The van der Waals surface area contributed by atoms with Crippen LogP contribution >= 0.6 is 23.2 Å². The smallest absolute Gasteiger partial charge is 0.0294 e. The Morgan fingerprint density at radius 3 is 1.89 bits per heavy atom. The van der Waals surface area contributed by atoms with Gasteiger partial charge in [-0.2, -0.15) is 0 Å². The van der Waals surface area contributed by atoms with Crippen LogP contribution in [0.1, 0.15) is 37.0 Å². The Kier molecular flexibility index (Phi) is 6.01. The molecule has 0 aliphatic heterocycles. The molecule has 0 radical (unpaired) electrons. The average molecular weight is 287 g/mol. The third-order valence-corrected chi connectivity index (χ3v) is 4.40. The highest BCUT2D eigenvalue weighted by molar-refractivity contribution is 6.21. The van der Waals surface area contributed by atoms with Crippen LogP contribution in [0.4, 0.5) is 0 Å². The van der Waals surface area contributed by atoms with E-state index in [0.29, 0.717) is 17.7 Å². The first-order valence-corrected chi connectivity index (χ1v) is 7.67. The van der Waals surface area contributed by atoms with E-state index < -0.39 is 0 Å². The van der Waals surface area contributed by atoms with Crippen LogP contribution in [0.2, 0.25) is 0 Å². The number of benzene rings is 1. The van der Waals surface area contributed by atoms with Crippen LogP contribution in [0.5, 0.6) is 0 Å². The Labute approximate surface area is 122 Å². The molecule has 0 N–H and O–H groups in total. The van der Waals surface area contributed by atoms with Gasteiger partial charge in [0.2, 0.25) is 0 Å². The summed E-state index contributed by atoms with van der Waals surface area (Å²) in [5, 5.41) is 0. The van der Waals surface area contributed by atoms with Gasteiger partial charge >= 0.3 is 0 Å². The predicted octanol–water partition coefficient (Wildman–Crippen LogP) is 5.36. The van der Waals surface area contributed by atoms with Crippen LogP contribution in [0.25, 0.3) is 0 Å². The molecule has 0 fully saturated rings. The maximum absolute atomic E-state index is 6.21. The van der Waals surface area contributed by atoms with E-state index in [1.54, 1.807) is 0 Å². The molecule has 0 heterocycles. The van der Waals surface area contributed by atoms with Crippen molar-refractivity contribution in [3.05, 3.63) is 34.9 Å². The summed E-state index contributed by atoms with van der Waals surface area (Å²) in [6, 6.07) is 6.71. The van der Waals surface area contributed by atoms with E-state index in [2.05, 4.69) is 45.9 Å². The second kappa shape index (κ2) is 6.82. The van der Waals surface area contributed by atoms with E-state index in [4.69, 9.17) is 23.2 Å². The third-order valence-electron chi connectivity index (χ3n) is 3.27. The normalized spacial score (nSPS) is 12.2. The lowest BCUT2D eigenvalue weighted by atomic mass is 9.78. The van der Waals surface area contributed by atoms with E-state index in [0.717, 1.165) is 12.8 Å². The summed E-state index contributed by atoms with van der Waals surface area (Å²) in [4.78, 5) is 0. The van der Waals surface area contributed by atoms with Crippen molar-refractivity contribution in [2.45, 2.75) is 40.5 Å². The largest absolute Gasteiger partial charge is 0.126 e. The van der Waals surface area contributed by atoms with Crippen molar-refractivity contribution in [3.8, 4) is 0 Å². The quantitative estimate of drug-likeness (QED) is 0.618. The monoisotopic (exact) mass is 286 g/mol. The number of halogens is 2. The van der Waals surface area contributed by atoms with Crippen LogP contribution in [0, 0.1) is 25.2 Å². The lowest BCUT2D eigenvalue weighted by Gasteiger charge is -2.31. The molecule has 0 saturated heterocycles. The molecule has 0 spiro atoms. The molecule has 0 unspecified atom stereocenters. The van der Waals surface area contributed by atoms with Crippen LogP contribution in [-0.2, 0) is 6.42 Å². The lowest BCUT2D eigenvalue weighted by Crippen LogP contribution is -2.30. The van der Waals surface area contributed by atoms with Gasteiger partial charge in [0.05, 0.1) is 0 Å². The zero-order chi connectivity index (χ0) is 13.8. The summed E-state index contributed by atoms with van der Waals surface area (Å²) < 4.78 is 0. The fourth-order valence-corrected chi connectivity index (χ4v) is 3.47. The highest BCUT2D eigenvalue weighted by Gasteiger charge is 2.29. The molecule has 0 aliphatic carbocycles. The molecule has 1 aromatic rings. The van der Waals surface area contributed by atoms with Gasteiger partial charge in [0.1, 0.15) is 0 Å². The fourth-order valence-electron chi connectivity index (χ4n) is 2.78. The second-order valence-corrected chi connectivity index (χ2v) is 6.57. The lowest BCUT2D eigenvalue weighted by molar-refractivity contribution is 0.295. The van der Waals surface area contributed by atoms with E-state index in [-0.39, 0.29) is 5.41 Å². The predicted molar refractivity (Wildman–Crippen MR) is 82.9 cm³/mol. The Balaban J connectivity index is 2.95. The molecule has 2 heteroatoms. The molecule has 102 valence electrons. The fraction of sp³-hybridized carbons (Fsp3) is 0.625. The van der Waals surface area contributed by atoms with Gasteiger partial charge in [0, 0.05) is 17.2 Å². The van der Waals surface area contributed by atoms with Crippen molar-refractivity contribution in [1.29, 1.82) is 0 Å². The molecule has 0 aromatic heterocycles. The number of alkyl halides is 2. The summed E-state index contributed by atoms with van der Waals surface area (Å²) in [7, 11) is 0. The van der Waals surface area contributed by atoms with E-state index >= 15 is 0 Å². The Morgan fingerprint density at radius 1 is 1.00 bits per heavy atom. The number of rotatable bonds is 6. The molecule has 0 atom stereocenters. The van der Waals surface area contributed by atoms with Crippen LogP contribution < -0.4 is 0 Å². The maximum atomic E-state index is 6.21. The molecule has 0 nitrogen and oxygen atoms in total. The van der Waals surface area contributed by atoms with Gasteiger partial charge in [0.25, 0.3) is 0 Å². The molecular weight excluding hydrogens is 263 g/mol. The van der Waals surface area contributed by atoms with Gasteiger partial charge in [-0.25, -0.2) is 0 Å². The minimum absolute atomic E-state index is 0.0253. The first-order chi connectivity index (χ1) is 8.40. The first kappa shape index (κ1) is 15.9. The van der Waals surface area contributed by atoms with Gasteiger partial charge in [-0.15, -0.1) is 23.2 Å². The highest BCUT2D eigenvalue weighted by atomic mass is 35.5. The summed E-state index contributed by atoms with van der Waals surface area (Å²) in [6.45, 7) is 8.74. The van der Waals surface area contributed by atoms with E-state index in [1.165, 1.54) is 16.7 Å². The Morgan fingerprint density at radius 2 is 1.50 bits per heavy atom. The second-order valence-electron chi connectivity index (χ2n) is 6.04. The van der Waals surface area contributed by atoms with E-state index in [9.17, 15) is 0 Å². The SMILES string of the molecule is Cc1cc(C)cc(CC(CCl)(CCl)CC(C)C)c1. The topological polar surface area (TPSA) is 0 Å². The summed E-state index contributed by atoms with van der Waals surface area (Å²) in [6.07, 6.45) is 2.05. The minimum Gasteiger partial charge on any atom is -0.126 e. The summed E-state index contributed by atoms with van der Waals surface area (Å²) >= 11 is 12.4. The first-order valence-electron chi connectivity index (χ1n) is 6.60. The Bertz CT molecular complexity index is 358. The zero-order valence-electron chi connectivity index (χ0n) is 11.9. The standard InChI is InChI=1S/C16H24Cl2/c1-12(2)8-16(10-17,11-18)9-15-6-13(3)5-14(4)7-15/h5-7,12H,8-11H2,1-4H3. The van der Waals surface area contributed by atoms with Gasteiger partial charge in [-0.1, -0.05) is 43.2 Å². The molecule has 0 aliphatic rings. The summed E-state index contributed by atoms with van der Waals surface area (Å²) in [5.74, 6) is 1.87. The van der Waals surface area contributed by atoms with Crippen molar-refractivity contribution in [2.24, 2.45) is 11.3 Å². The van der Waals surface area contributed by atoms with Gasteiger partial charge in [-0.3, -0.25) is 0 Å². The van der Waals surface area contributed by atoms with Gasteiger partial charge < -0.3 is 0 Å². The van der Waals surface area contributed by atoms with Crippen molar-refractivity contribution in [3.63, 3.8) is 0 Å². The third kappa shape index (κ3) is 4.48. The number of hydrogen-bond acceptors (Lipinski definition) is 0. The van der Waals surface area contributed by atoms with Crippen molar-refractivity contribution < 1.29 is 0 Å². The van der Waals surface area contributed by atoms with E-state index in [1.807, 2.05) is 0 Å². The van der Waals surface area contributed by atoms with Crippen LogP contribution in [0.3, 0.4) is 0 Å². The molecule has 1 rings (SSSR count). The molecule has 0 amide bonds. The zero-order valence-corrected chi connectivity index (χ0v) is 13.4. The molecular formula is C16H24Cl2. The minimum atomic E-state index is 0.0253. The maximum Gasteiger partial charge on any atom is 0.0294 e.